The molecule has 0 atom stereocenters. The molecule has 0 radical (unpaired) electrons. The first-order valence-corrected chi connectivity index (χ1v) is 7.23. The number of ketones is 1. The lowest BCUT2D eigenvalue weighted by molar-refractivity contribution is 0.104. The SMILES string of the molecule is COc1ccc(C(=O)C=Cc2c[nH]c3ccc(OC)cc23)cc1. The van der Waals surface area contributed by atoms with Crippen LogP contribution in [0.4, 0.5) is 0 Å². The van der Waals surface area contributed by atoms with Crippen LogP contribution in [0.5, 0.6) is 11.5 Å². The van der Waals surface area contributed by atoms with Crippen molar-refractivity contribution in [2.24, 2.45) is 0 Å². The molecule has 1 N–H and O–H groups in total. The average molecular weight is 307 g/mol. The molecule has 0 saturated heterocycles. The van der Waals surface area contributed by atoms with Gasteiger partial charge in [0, 0.05) is 28.2 Å². The molecule has 2 aromatic carbocycles. The quantitative estimate of drug-likeness (QED) is 0.571. The fourth-order valence-electron chi connectivity index (χ4n) is 2.40. The minimum absolute atomic E-state index is 0.0510. The zero-order chi connectivity index (χ0) is 16.2. The van der Waals surface area contributed by atoms with Crippen molar-refractivity contribution in [1.29, 1.82) is 0 Å². The normalized spacial score (nSPS) is 11.0. The summed E-state index contributed by atoms with van der Waals surface area (Å²) < 4.78 is 10.3. The number of rotatable bonds is 5. The van der Waals surface area contributed by atoms with E-state index < -0.39 is 0 Å². The molecule has 4 heteroatoms. The van der Waals surface area contributed by atoms with E-state index in [1.165, 1.54) is 0 Å². The van der Waals surface area contributed by atoms with E-state index in [1.807, 2.05) is 30.5 Å². The molecule has 0 bridgehead atoms. The van der Waals surface area contributed by atoms with Crippen molar-refractivity contribution in [2.45, 2.75) is 0 Å². The van der Waals surface area contributed by atoms with Crippen molar-refractivity contribution in [3.05, 3.63) is 65.9 Å². The molecule has 116 valence electrons. The monoisotopic (exact) mass is 307 g/mol. The second-order valence-corrected chi connectivity index (χ2v) is 5.08. The van der Waals surface area contributed by atoms with Crippen LogP contribution in [0.2, 0.25) is 0 Å². The van der Waals surface area contributed by atoms with Gasteiger partial charge in [0.15, 0.2) is 5.78 Å². The molecule has 0 aliphatic rings. The first-order valence-electron chi connectivity index (χ1n) is 7.23. The summed E-state index contributed by atoms with van der Waals surface area (Å²) >= 11 is 0. The molecule has 0 spiro atoms. The highest BCUT2D eigenvalue weighted by Crippen LogP contribution is 2.24. The number of methoxy groups -OCH3 is 2. The number of aromatic nitrogens is 1. The van der Waals surface area contributed by atoms with Gasteiger partial charge in [0.1, 0.15) is 11.5 Å². The molecule has 1 aromatic heterocycles. The maximum Gasteiger partial charge on any atom is 0.185 e. The van der Waals surface area contributed by atoms with Gasteiger partial charge in [0.05, 0.1) is 14.2 Å². The van der Waals surface area contributed by atoms with Crippen LogP contribution in [0.3, 0.4) is 0 Å². The summed E-state index contributed by atoms with van der Waals surface area (Å²) in [4.78, 5) is 15.4. The van der Waals surface area contributed by atoms with E-state index in [2.05, 4.69) is 4.98 Å². The van der Waals surface area contributed by atoms with Crippen molar-refractivity contribution >= 4 is 22.8 Å². The largest absolute Gasteiger partial charge is 0.497 e. The minimum atomic E-state index is -0.0510. The van der Waals surface area contributed by atoms with Gasteiger partial charge in [-0.2, -0.15) is 0 Å². The number of hydrogen-bond acceptors (Lipinski definition) is 3. The van der Waals surface area contributed by atoms with Gasteiger partial charge in [-0.3, -0.25) is 4.79 Å². The lowest BCUT2D eigenvalue weighted by atomic mass is 10.1. The molecule has 3 aromatic rings. The fraction of sp³-hybridized carbons (Fsp3) is 0.105. The van der Waals surface area contributed by atoms with E-state index in [9.17, 15) is 4.79 Å². The molecule has 4 nitrogen and oxygen atoms in total. The fourth-order valence-corrected chi connectivity index (χ4v) is 2.40. The topological polar surface area (TPSA) is 51.3 Å². The number of H-pyrrole nitrogens is 1. The zero-order valence-corrected chi connectivity index (χ0v) is 13.0. The number of fused-ring (bicyclic) bond motifs is 1. The Bertz CT molecular complexity index is 860. The van der Waals surface area contributed by atoms with Crippen LogP contribution in [0.1, 0.15) is 15.9 Å². The van der Waals surface area contributed by atoms with Crippen molar-refractivity contribution in [3.63, 3.8) is 0 Å². The minimum Gasteiger partial charge on any atom is -0.497 e. The molecule has 23 heavy (non-hydrogen) atoms. The summed E-state index contributed by atoms with van der Waals surface area (Å²) in [6.07, 6.45) is 5.26. The van der Waals surface area contributed by atoms with Crippen LogP contribution >= 0.6 is 0 Å². The lowest BCUT2D eigenvalue weighted by Crippen LogP contribution is -1.94. The standard InChI is InChI=1S/C19H17NO3/c1-22-15-6-3-13(4-7-15)19(21)10-5-14-12-20-18-9-8-16(23-2)11-17(14)18/h3-12,20H,1-2H3. The Hall–Kier alpha value is -3.01. The summed E-state index contributed by atoms with van der Waals surface area (Å²) in [7, 11) is 3.23. The molecule has 0 saturated carbocycles. The van der Waals surface area contributed by atoms with E-state index in [0.717, 1.165) is 28.0 Å². The van der Waals surface area contributed by atoms with Gasteiger partial charge in [-0.1, -0.05) is 0 Å². The Morgan fingerprint density at radius 2 is 1.70 bits per heavy atom. The van der Waals surface area contributed by atoms with Gasteiger partial charge in [0.2, 0.25) is 0 Å². The number of carbonyl (C=O) groups is 1. The van der Waals surface area contributed by atoms with Gasteiger partial charge in [-0.15, -0.1) is 0 Å². The maximum absolute atomic E-state index is 12.2. The number of benzene rings is 2. The average Bonchev–Trinajstić information content (AvgIpc) is 3.01. The molecule has 0 aliphatic heterocycles. The maximum atomic E-state index is 12.2. The molecule has 3 rings (SSSR count). The van der Waals surface area contributed by atoms with Gasteiger partial charge in [-0.25, -0.2) is 0 Å². The third kappa shape index (κ3) is 3.11. The lowest BCUT2D eigenvalue weighted by Gasteiger charge is -2.00. The van der Waals surface area contributed by atoms with Crippen LogP contribution in [0.15, 0.2) is 54.7 Å². The third-order valence-corrected chi connectivity index (χ3v) is 3.71. The van der Waals surface area contributed by atoms with Gasteiger partial charge >= 0.3 is 0 Å². The van der Waals surface area contributed by atoms with Crippen LogP contribution in [0.25, 0.3) is 17.0 Å². The molecule has 0 aliphatic carbocycles. The summed E-state index contributed by atoms with van der Waals surface area (Å²) in [6, 6.07) is 12.9. The smallest absolute Gasteiger partial charge is 0.185 e. The predicted octanol–water partition coefficient (Wildman–Crippen LogP) is 4.08. The van der Waals surface area contributed by atoms with Crippen LogP contribution in [0, 0.1) is 0 Å². The Morgan fingerprint density at radius 3 is 2.39 bits per heavy atom. The van der Waals surface area contributed by atoms with Crippen molar-refractivity contribution < 1.29 is 14.3 Å². The summed E-state index contributed by atoms with van der Waals surface area (Å²) in [6.45, 7) is 0. The molecular weight excluding hydrogens is 290 g/mol. The summed E-state index contributed by atoms with van der Waals surface area (Å²) in [5.74, 6) is 1.47. The van der Waals surface area contributed by atoms with Gasteiger partial charge in [-0.05, 0) is 54.6 Å². The number of nitrogens with one attached hydrogen (secondary N) is 1. The summed E-state index contributed by atoms with van der Waals surface area (Å²) in [5, 5.41) is 1.02. The van der Waals surface area contributed by atoms with Crippen molar-refractivity contribution in [3.8, 4) is 11.5 Å². The first-order chi connectivity index (χ1) is 11.2. The van der Waals surface area contributed by atoms with E-state index in [0.29, 0.717) is 5.56 Å². The van der Waals surface area contributed by atoms with Crippen LogP contribution in [-0.4, -0.2) is 25.0 Å². The van der Waals surface area contributed by atoms with E-state index >= 15 is 0 Å². The highest BCUT2D eigenvalue weighted by molar-refractivity contribution is 6.07. The van der Waals surface area contributed by atoms with E-state index in [-0.39, 0.29) is 5.78 Å². The van der Waals surface area contributed by atoms with E-state index in [1.54, 1.807) is 44.6 Å². The number of aromatic amines is 1. The van der Waals surface area contributed by atoms with Crippen LogP contribution < -0.4 is 9.47 Å². The van der Waals surface area contributed by atoms with Gasteiger partial charge in [0.25, 0.3) is 0 Å². The van der Waals surface area contributed by atoms with Crippen molar-refractivity contribution in [2.75, 3.05) is 14.2 Å². The van der Waals surface area contributed by atoms with E-state index in [4.69, 9.17) is 9.47 Å². The molecule has 1 heterocycles. The predicted molar refractivity (Wildman–Crippen MR) is 91.2 cm³/mol. The highest BCUT2D eigenvalue weighted by atomic mass is 16.5. The number of carbonyl (C=O) groups excluding carboxylic acids is 1. The number of ether oxygens (including phenoxy) is 2. The second-order valence-electron chi connectivity index (χ2n) is 5.08. The van der Waals surface area contributed by atoms with Crippen molar-refractivity contribution in [1.82, 2.24) is 4.98 Å². The van der Waals surface area contributed by atoms with Crippen LogP contribution in [-0.2, 0) is 0 Å². The second kappa shape index (κ2) is 6.40. The molecule has 0 unspecified atom stereocenters. The number of hydrogen-bond donors (Lipinski definition) is 1. The number of allylic oxidation sites excluding steroid dienone is 1. The first kappa shape index (κ1) is 14.9. The summed E-state index contributed by atoms with van der Waals surface area (Å²) in [5.41, 5.74) is 2.57. The Morgan fingerprint density at radius 1 is 1.00 bits per heavy atom. The molecule has 0 amide bonds. The third-order valence-electron chi connectivity index (χ3n) is 3.71. The molecular formula is C19H17NO3. The highest BCUT2D eigenvalue weighted by Gasteiger charge is 2.05. The molecule has 0 fully saturated rings. The Balaban J connectivity index is 1.85. The Labute approximate surface area is 134 Å². The van der Waals surface area contributed by atoms with Gasteiger partial charge < -0.3 is 14.5 Å². The Kier molecular flexibility index (Phi) is 4.15. The zero-order valence-electron chi connectivity index (χ0n) is 13.0.